The molecule has 0 bridgehead atoms. The summed E-state index contributed by atoms with van der Waals surface area (Å²) in [5, 5.41) is 13.5. The van der Waals surface area contributed by atoms with Crippen LogP contribution in [0.3, 0.4) is 0 Å². The van der Waals surface area contributed by atoms with E-state index in [9.17, 15) is 14.7 Å². The normalized spacial score (nSPS) is 14.9. The van der Waals surface area contributed by atoms with E-state index in [0.717, 1.165) is 11.1 Å². The number of hydrazone groups is 1. The third-order valence-electron chi connectivity index (χ3n) is 4.68. The molecule has 0 aliphatic carbocycles. The van der Waals surface area contributed by atoms with Crippen molar-refractivity contribution in [2.24, 2.45) is 5.10 Å². The number of ether oxygens (including phenoxy) is 1. The summed E-state index contributed by atoms with van der Waals surface area (Å²) >= 11 is 0. The molecule has 1 aliphatic heterocycles. The van der Waals surface area contributed by atoms with Crippen molar-refractivity contribution in [3.05, 3.63) is 57.9 Å². The van der Waals surface area contributed by atoms with Gasteiger partial charge < -0.3 is 14.8 Å². The Morgan fingerprint density at radius 2 is 1.93 bits per heavy atom. The fourth-order valence-electron chi connectivity index (χ4n) is 3.21. The fraction of sp³-hybridized carbons (Fsp3) is 0.286. The van der Waals surface area contributed by atoms with Gasteiger partial charge in [0.1, 0.15) is 5.75 Å². The maximum Gasteiger partial charge on any atom is 0.340 e. The van der Waals surface area contributed by atoms with Crippen LogP contribution in [0.2, 0.25) is 0 Å². The van der Waals surface area contributed by atoms with Gasteiger partial charge in [-0.15, -0.1) is 0 Å². The van der Waals surface area contributed by atoms with Gasteiger partial charge in [0.2, 0.25) is 0 Å². The molecular weight excluding hydrogens is 358 g/mol. The smallest absolute Gasteiger partial charge is 0.340 e. The van der Waals surface area contributed by atoms with Crippen molar-refractivity contribution in [2.45, 2.75) is 33.6 Å². The minimum absolute atomic E-state index is 0.217. The zero-order valence-corrected chi connectivity index (χ0v) is 16.1. The average molecular weight is 381 g/mol. The molecule has 7 nitrogen and oxygen atoms in total. The molecule has 0 unspecified atom stereocenters. The number of aromatic nitrogens is 1. The Bertz CT molecular complexity index is 968. The first-order valence-electron chi connectivity index (χ1n) is 9.13. The van der Waals surface area contributed by atoms with E-state index < -0.39 is 0 Å². The van der Waals surface area contributed by atoms with Crippen LogP contribution in [0, 0.1) is 13.8 Å². The first-order chi connectivity index (χ1) is 13.4. The highest BCUT2D eigenvalue weighted by molar-refractivity contribution is 6.27. The van der Waals surface area contributed by atoms with Gasteiger partial charge in [-0.05, 0) is 62.9 Å². The lowest BCUT2D eigenvalue weighted by molar-refractivity contribution is -0.116. The molecule has 0 saturated heterocycles. The van der Waals surface area contributed by atoms with Crippen LogP contribution in [-0.2, 0) is 16.0 Å². The number of nitrogens with one attached hydrogen (secondary N) is 2. The van der Waals surface area contributed by atoms with Crippen molar-refractivity contribution in [2.75, 3.05) is 6.61 Å². The third-order valence-corrected chi connectivity index (χ3v) is 4.68. The van der Waals surface area contributed by atoms with Crippen LogP contribution in [0.4, 0.5) is 0 Å². The van der Waals surface area contributed by atoms with Crippen LogP contribution in [0.1, 0.15) is 46.2 Å². The Balaban J connectivity index is 1.82. The number of carbonyl (C=O) groups excluding carboxylic acids is 2. The molecule has 3 rings (SSSR count). The summed E-state index contributed by atoms with van der Waals surface area (Å²) in [4.78, 5) is 27.6. The van der Waals surface area contributed by atoms with E-state index >= 15 is 0 Å². The first kappa shape index (κ1) is 19.4. The number of aromatic amines is 1. The Morgan fingerprint density at radius 3 is 2.61 bits per heavy atom. The minimum atomic E-state index is -0.379. The van der Waals surface area contributed by atoms with Crippen molar-refractivity contribution >= 4 is 23.7 Å². The van der Waals surface area contributed by atoms with Gasteiger partial charge in [0.15, 0.2) is 0 Å². The molecule has 1 aromatic carbocycles. The summed E-state index contributed by atoms with van der Waals surface area (Å²) in [5.74, 6) is -0.435. The zero-order chi connectivity index (χ0) is 20.3. The van der Waals surface area contributed by atoms with Crippen molar-refractivity contribution in [1.82, 2.24) is 10.4 Å². The maximum atomic E-state index is 12.3. The van der Waals surface area contributed by atoms with E-state index in [-0.39, 0.29) is 17.6 Å². The number of H-pyrrole nitrogens is 1. The van der Waals surface area contributed by atoms with Gasteiger partial charge >= 0.3 is 5.97 Å². The van der Waals surface area contributed by atoms with Crippen molar-refractivity contribution in [1.29, 1.82) is 0 Å². The second kappa shape index (κ2) is 8.12. The number of rotatable bonds is 6. The minimum Gasteiger partial charge on any atom is -0.508 e. The quantitative estimate of drug-likeness (QED) is 0.528. The second-order valence-electron chi connectivity index (χ2n) is 6.61. The first-order valence-corrected chi connectivity index (χ1v) is 9.13. The predicted octanol–water partition coefficient (Wildman–Crippen LogP) is 3.02. The van der Waals surface area contributed by atoms with Gasteiger partial charge in [-0.1, -0.05) is 12.1 Å². The third kappa shape index (κ3) is 3.98. The molecule has 0 radical (unpaired) electrons. The number of phenolic OH excluding ortho intramolecular Hbond substituents is 1. The highest BCUT2D eigenvalue weighted by Gasteiger charge is 2.24. The van der Waals surface area contributed by atoms with Crippen molar-refractivity contribution in [3.8, 4) is 5.75 Å². The van der Waals surface area contributed by atoms with Crippen molar-refractivity contribution < 1.29 is 19.4 Å². The molecule has 1 aliphatic rings. The molecule has 0 spiro atoms. The van der Waals surface area contributed by atoms with Crippen LogP contribution >= 0.6 is 0 Å². The van der Waals surface area contributed by atoms with Crippen LogP contribution in [-0.4, -0.2) is 34.3 Å². The maximum absolute atomic E-state index is 12.3. The molecule has 2 heterocycles. The lowest BCUT2D eigenvalue weighted by atomic mass is 10.0. The summed E-state index contributed by atoms with van der Waals surface area (Å²) in [7, 11) is 0. The molecule has 28 heavy (non-hydrogen) atoms. The molecular formula is C21H23N3O4. The second-order valence-corrected chi connectivity index (χ2v) is 6.61. The van der Waals surface area contributed by atoms with Crippen LogP contribution in [0.5, 0.6) is 5.75 Å². The highest BCUT2D eigenvalue weighted by atomic mass is 16.5. The number of hydrogen-bond acceptors (Lipinski definition) is 5. The number of nitrogens with zero attached hydrogens (tertiary/aromatic N) is 1. The Labute approximate surface area is 163 Å². The van der Waals surface area contributed by atoms with Crippen LogP contribution < -0.4 is 5.43 Å². The number of aryl methyl sites for hydroxylation is 2. The lowest BCUT2D eigenvalue weighted by Gasteiger charge is -2.04. The number of phenols is 1. The monoisotopic (exact) mass is 381 g/mol. The molecule has 7 heteroatoms. The number of benzene rings is 1. The Hall–Kier alpha value is -3.35. The lowest BCUT2D eigenvalue weighted by Crippen LogP contribution is -2.13. The topological polar surface area (TPSA) is 104 Å². The predicted molar refractivity (Wildman–Crippen MR) is 106 cm³/mol. The van der Waals surface area contributed by atoms with E-state index in [2.05, 4.69) is 15.5 Å². The average Bonchev–Trinajstić information content (AvgIpc) is 3.14. The zero-order valence-electron chi connectivity index (χ0n) is 16.1. The molecule has 0 atom stereocenters. The van der Waals surface area contributed by atoms with E-state index in [0.29, 0.717) is 47.7 Å². The standard InChI is InChI=1S/C21H23N3O4/c1-4-28-21(27)19-12(2)18(22-13(19)3)11-16-17(23-24-20(16)26)10-7-14-5-8-15(25)9-6-14/h5-6,8-9,11,22,25H,4,7,10H2,1-3H3,(H,24,26). The number of aromatic hydroxyl groups is 1. The molecule has 0 saturated carbocycles. The highest BCUT2D eigenvalue weighted by Crippen LogP contribution is 2.23. The Morgan fingerprint density at radius 1 is 1.21 bits per heavy atom. The summed E-state index contributed by atoms with van der Waals surface area (Å²) in [6.07, 6.45) is 2.98. The molecule has 1 amide bonds. The van der Waals surface area contributed by atoms with Gasteiger partial charge in [-0.25, -0.2) is 10.2 Å². The molecule has 1 aromatic heterocycles. The number of esters is 1. The van der Waals surface area contributed by atoms with E-state index in [1.807, 2.05) is 19.1 Å². The number of carbonyl (C=O) groups is 2. The van der Waals surface area contributed by atoms with E-state index in [4.69, 9.17) is 4.74 Å². The van der Waals surface area contributed by atoms with Gasteiger partial charge in [-0.2, -0.15) is 5.10 Å². The van der Waals surface area contributed by atoms with Gasteiger partial charge in [0.05, 0.1) is 23.5 Å². The summed E-state index contributed by atoms with van der Waals surface area (Å²) < 4.78 is 5.11. The van der Waals surface area contributed by atoms with Gasteiger partial charge in [-0.3, -0.25) is 4.79 Å². The number of hydrogen-bond donors (Lipinski definition) is 3. The van der Waals surface area contributed by atoms with Crippen molar-refractivity contribution in [3.63, 3.8) is 0 Å². The van der Waals surface area contributed by atoms with E-state index in [1.54, 1.807) is 32.1 Å². The van der Waals surface area contributed by atoms with E-state index in [1.165, 1.54) is 0 Å². The fourth-order valence-corrected chi connectivity index (χ4v) is 3.21. The molecule has 146 valence electrons. The van der Waals surface area contributed by atoms with Gasteiger partial charge in [0.25, 0.3) is 5.91 Å². The molecule has 2 aromatic rings. The van der Waals surface area contributed by atoms with Crippen LogP contribution in [0.25, 0.3) is 6.08 Å². The molecule has 0 fully saturated rings. The molecule has 3 N–H and O–H groups in total. The van der Waals surface area contributed by atoms with Gasteiger partial charge in [0, 0.05) is 11.4 Å². The summed E-state index contributed by atoms with van der Waals surface area (Å²) in [6.45, 7) is 5.69. The SMILES string of the molecule is CCOC(=O)c1c(C)[nH]c(C=C2C(=O)NN=C2CCc2ccc(O)cc2)c1C. The van der Waals surface area contributed by atoms with Crippen LogP contribution in [0.15, 0.2) is 34.9 Å². The summed E-state index contributed by atoms with van der Waals surface area (Å²) in [6, 6.07) is 6.95. The number of amides is 1. The summed E-state index contributed by atoms with van der Waals surface area (Å²) in [5.41, 5.74) is 7.28. The Kier molecular flexibility index (Phi) is 5.63. The largest absolute Gasteiger partial charge is 0.508 e.